The summed E-state index contributed by atoms with van der Waals surface area (Å²) in [4.78, 5) is 4.76. The van der Waals surface area contributed by atoms with E-state index in [4.69, 9.17) is 4.42 Å². The van der Waals surface area contributed by atoms with Crippen LogP contribution in [-0.2, 0) is 0 Å². The molecule has 346 valence electrons. The van der Waals surface area contributed by atoms with Crippen LogP contribution >= 0.6 is 0 Å². The first kappa shape index (κ1) is 41.8. The van der Waals surface area contributed by atoms with Gasteiger partial charge in [-0.25, -0.2) is 0 Å². The van der Waals surface area contributed by atoms with Gasteiger partial charge < -0.3 is 18.8 Å². The molecule has 0 amide bonds. The fourth-order valence-corrected chi connectivity index (χ4v) is 11.6. The Bertz CT molecular complexity index is 4670. The maximum atomic E-state index is 7.46. The van der Waals surface area contributed by atoms with Crippen molar-refractivity contribution in [2.75, 3.05) is 9.80 Å². The van der Waals surface area contributed by atoms with Gasteiger partial charge in [-0.15, -0.1) is 0 Å². The minimum atomic E-state index is 0.808. The molecule has 0 N–H and O–H groups in total. The van der Waals surface area contributed by atoms with Gasteiger partial charge in [-0.3, -0.25) is 0 Å². The van der Waals surface area contributed by atoms with Crippen LogP contribution in [0.3, 0.4) is 0 Å². The van der Waals surface area contributed by atoms with Crippen LogP contribution in [0, 0.1) is 0 Å². The molecule has 0 fully saturated rings. The van der Waals surface area contributed by atoms with Gasteiger partial charge in [0, 0.05) is 61.1 Å². The number of para-hydroxylation sites is 3. The fourth-order valence-electron chi connectivity index (χ4n) is 11.6. The smallest absolute Gasteiger partial charge is 0.159 e. The molecule has 0 aliphatic carbocycles. The molecular weight excluding hydrogens is 899 g/mol. The number of aromatic nitrogens is 1. The topological polar surface area (TPSA) is 24.6 Å². The van der Waals surface area contributed by atoms with Crippen molar-refractivity contribution in [3.05, 3.63) is 273 Å². The molecule has 4 heteroatoms. The Morgan fingerprint density at radius 1 is 0.270 bits per heavy atom. The molecule has 0 radical (unpaired) electrons. The molecule has 74 heavy (non-hydrogen) atoms. The van der Waals surface area contributed by atoms with Crippen molar-refractivity contribution in [2.45, 2.75) is 0 Å². The van der Waals surface area contributed by atoms with Crippen LogP contribution in [0.5, 0.6) is 0 Å². The van der Waals surface area contributed by atoms with E-state index >= 15 is 0 Å². The van der Waals surface area contributed by atoms with Gasteiger partial charge in [0.05, 0.1) is 16.7 Å². The third-order valence-electron chi connectivity index (χ3n) is 15.0. The molecule has 0 atom stereocenters. The summed E-state index contributed by atoms with van der Waals surface area (Å²) in [6, 6.07) is 99.1. The minimum Gasteiger partial charge on any atom is -0.453 e. The predicted octanol–water partition coefficient (Wildman–Crippen LogP) is 19.9. The molecular formula is C70H45N3O. The summed E-state index contributed by atoms with van der Waals surface area (Å²) in [5, 5.41) is 13.9. The van der Waals surface area contributed by atoms with E-state index in [2.05, 4.69) is 287 Å². The van der Waals surface area contributed by atoms with Gasteiger partial charge >= 0.3 is 0 Å². The molecule has 13 aromatic carbocycles. The van der Waals surface area contributed by atoms with Crippen molar-refractivity contribution >= 4 is 121 Å². The quantitative estimate of drug-likeness (QED) is 0.152. The third kappa shape index (κ3) is 6.77. The summed E-state index contributed by atoms with van der Waals surface area (Å²) in [6.45, 7) is 0. The number of hydrogen-bond acceptors (Lipinski definition) is 3. The van der Waals surface area contributed by atoms with E-state index in [1.807, 2.05) is 0 Å². The van der Waals surface area contributed by atoms with E-state index in [9.17, 15) is 0 Å². The van der Waals surface area contributed by atoms with E-state index in [1.54, 1.807) is 0 Å². The number of fused-ring (bicyclic) bond motifs is 11. The zero-order valence-electron chi connectivity index (χ0n) is 40.2. The van der Waals surface area contributed by atoms with E-state index in [0.29, 0.717) is 0 Å². The molecule has 2 aromatic heterocycles. The van der Waals surface area contributed by atoms with E-state index in [0.717, 1.165) is 89.0 Å². The zero-order chi connectivity index (χ0) is 48.7. The fraction of sp³-hybridized carbons (Fsp3) is 0. The molecule has 0 unspecified atom stereocenters. The molecule has 4 nitrogen and oxygen atoms in total. The lowest BCUT2D eigenvalue weighted by Crippen LogP contribution is -2.13. The monoisotopic (exact) mass is 943 g/mol. The number of hydrogen-bond donors (Lipinski definition) is 0. The van der Waals surface area contributed by atoms with Gasteiger partial charge in [0.2, 0.25) is 0 Å². The normalized spacial score (nSPS) is 11.8. The van der Waals surface area contributed by atoms with E-state index < -0.39 is 0 Å². The summed E-state index contributed by atoms with van der Waals surface area (Å²) in [5.74, 6) is 0. The van der Waals surface area contributed by atoms with Gasteiger partial charge in [-0.2, -0.15) is 0 Å². The van der Waals surface area contributed by atoms with Crippen molar-refractivity contribution in [1.29, 1.82) is 0 Å². The van der Waals surface area contributed by atoms with Gasteiger partial charge in [0.1, 0.15) is 5.58 Å². The van der Waals surface area contributed by atoms with E-state index in [1.165, 1.54) is 48.7 Å². The summed E-state index contributed by atoms with van der Waals surface area (Å²) in [5.41, 5.74) is 13.6. The predicted molar refractivity (Wildman–Crippen MR) is 313 cm³/mol. The first-order valence-corrected chi connectivity index (χ1v) is 25.3. The average Bonchev–Trinajstić information content (AvgIpc) is 4.04. The highest BCUT2D eigenvalue weighted by atomic mass is 16.3. The Balaban J connectivity index is 1.03. The summed E-state index contributed by atoms with van der Waals surface area (Å²) in [7, 11) is 0. The molecule has 15 aromatic rings. The van der Waals surface area contributed by atoms with Gasteiger partial charge in [0.25, 0.3) is 0 Å². The lowest BCUT2D eigenvalue weighted by molar-refractivity contribution is 0.673. The summed E-state index contributed by atoms with van der Waals surface area (Å²) in [6.07, 6.45) is 0. The van der Waals surface area contributed by atoms with Gasteiger partial charge in [0.15, 0.2) is 5.58 Å². The minimum absolute atomic E-state index is 0.808. The number of anilines is 6. The highest BCUT2D eigenvalue weighted by Gasteiger charge is 2.26. The Labute approximate surface area is 427 Å². The third-order valence-corrected chi connectivity index (χ3v) is 15.0. The van der Waals surface area contributed by atoms with Crippen molar-refractivity contribution in [2.24, 2.45) is 0 Å². The second-order valence-corrected chi connectivity index (χ2v) is 19.3. The van der Waals surface area contributed by atoms with Crippen molar-refractivity contribution in [3.63, 3.8) is 0 Å². The maximum Gasteiger partial charge on any atom is 0.159 e. The SMILES string of the molecule is c1ccc(N(c2ccc3ccccc3c2)c2cc(N(c3ccccc3)c3ccc4ccccc4c3)c3oc4c5ccccc5c(-c5ccc6c(c5)c5cc7ccccc7cc5n6-c5ccccc5)cc4c3c2)cc1. The molecule has 0 aliphatic rings. The van der Waals surface area contributed by atoms with Gasteiger partial charge in [-0.1, -0.05) is 170 Å². The molecule has 0 bridgehead atoms. The van der Waals surface area contributed by atoms with Crippen molar-refractivity contribution < 1.29 is 4.42 Å². The number of furan rings is 1. The molecule has 0 spiro atoms. The molecule has 15 rings (SSSR count). The Morgan fingerprint density at radius 2 is 0.784 bits per heavy atom. The molecule has 0 aliphatic heterocycles. The lowest BCUT2D eigenvalue weighted by atomic mass is 9.94. The largest absolute Gasteiger partial charge is 0.453 e. The van der Waals surface area contributed by atoms with Crippen molar-refractivity contribution in [3.8, 4) is 16.8 Å². The number of rotatable bonds is 8. The number of nitrogens with zero attached hydrogens (tertiary/aromatic N) is 3. The Morgan fingerprint density at radius 3 is 1.45 bits per heavy atom. The maximum absolute atomic E-state index is 7.46. The Kier molecular flexibility index (Phi) is 9.54. The highest BCUT2D eigenvalue weighted by molar-refractivity contribution is 6.23. The van der Waals surface area contributed by atoms with Crippen LogP contribution in [0.4, 0.5) is 34.1 Å². The van der Waals surface area contributed by atoms with Crippen LogP contribution in [0.1, 0.15) is 0 Å². The lowest BCUT2D eigenvalue weighted by Gasteiger charge is -2.30. The molecule has 0 saturated heterocycles. The second-order valence-electron chi connectivity index (χ2n) is 19.3. The van der Waals surface area contributed by atoms with Crippen LogP contribution in [0.2, 0.25) is 0 Å². The van der Waals surface area contributed by atoms with Crippen LogP contribution in [0.25, 0.3) is 104 Å². The van der Waals surface area contributed by atoms with Gasteiger partial charge in [-0.05, 0) is 152 Å². The van der Waals surface area contributed by atoms with Crippen LogP contribution in [-0.4, -0.2) is 4.57 Å². The highest BCUT2D eigenvalue weighted by Crippen LogP contribution is 2.50. The first-order valence-electron chi connectivity index (χ1n) is 25.3. The standard InChI is InChI=1S/C70H45N3O/c1-4-24-53(25-5-1)71(56-35-32-46-18-10-12-20-48(46)38-56)58-43-64-65-45-61(52-34-37-66-62(41-52)63-40-50-22-14-15-23-51(50)42-67(63)73(66)55-28-8-3-9-29-55)59-30-16-17-31-60(59)69(65)74-70(64)68(44-58)72(54-26-6-2-7-27-54)57-36-33-47-19-11-13-21-49(47)39-57/h1-45H. The average molecular weight is 944 g/mol. The first-order chi connectivity index (χ1) is 36.7. The summed E-state index contributed by atoms with van der Waals surface area (Å²) >= 11 is 0. The number of benzene rings is 13. The van der Waals surface area contributed by atoms with E-state index in [-0.39, 0.29) is 0 Å². The zero-order valence-corrected chi connectivity index (χ0v) is 40.2. The summed E-state index contributed by atoms with van der Waals surface area (Å²) < 4.78 is 9.87. The van der Waals surface area contributed by atoms with Crippen molar-refractivity contribution in [1.82, 2.24) is 4.57 Å². The second kappa shape index (κ2) is 16.9. The molecule has 2 heterocycles. The van der Waals surface area contributed by atoms with Crippen LogP contribution in [0.15, 0.2) is 277 Å². The molecule has 0 saturated carbocycles. The Hall–Kier alpha value is -9.90. The van der Waals surface area contributed by atoms with Crippen LogP contribution < -0.4 is 9.80 Å².